The zero-order valence-corrected chi connectivity index (χ0v) is 39.7. The van der Waals surface area contributed by atoms with Crippen molar-refractivity contribution in [2.24, 2.45) is 5.73 Å². The number of fused-ring (bicyclic) bond motifs is 6. The lowest BCUT2D eigenvalue weighted by Crippen LogP contribution is -2.28. The molecule has 2 aliphatic heterocycles. The van der Waals surface area contributed by atoms with Crippen LogP contribution in [0.1, 0.15) is 77.8 Å². The van der Waals surface area contributed by atoms with Crippen LogP contribution in [0.4, 0.5) is 11.4 Å². The number of carbonyl (C=O) groups excluding carboxylic acids is 1. The first-order valence-electron chi connectivity index (χ1n) is 20.7. The van der Waals surface area contributed by atoms with Crippen LogP contribution in [-0.2, 0) is 56.1 Å². The highest BCUT2D eigenvalue weighted by Crippen LogP contribution is 2.52. The molecular weight excluding hydrogens is 921 g/mol. The standard InChI is InChI=1S/C44H52N4O13S4/c1-6-47-34-19-17-30-32(24-28(62(50,51)52)26-36(30)64(56,57)58)41(34)43(2,3)38(47)14-9-7-10-15-39-44(4,5)42-33-25-29(63(53,54)55)27-37(65(59,60)61)31(33)18-20-35(42)48(39)23-12-8-11-16-40(49)46-22-13-21-45/h7,9-10,14-15,17-20,24-27H,6,8,11-13,16,21-23,45H2,1-5H3,(H4-,46,49,50,51,52,53,54,55,56,57,58,59,60,61). The van der Waals surface area contributed by atoms with E-state index in [0.717, 1.165) is 17.5 Å². The number of nitrogens with zero attached hydrogens (tertiary/aromatic N) is 2. The van der Waals surface area contributed by atoms with E-state index in [1.807, 2.05) is 56.2 Å². The number of benzene rings is 4. The van der Waals surface area contributed by atoms with Gasteiger partial charge in [0.2, 0.25) is 11.6 Å². The van der Waals surface area contributed by atoms with Gasteiger partial charge in [0.1, 0.15) is 21.6 Å². The summed E-state index contributed by atoms with van der Waals surface area (Å²) in [6, 6.07) is 10.0. The van der Waals surface area contributed by atoms with Crippen molar-refractivity contribution in [2.45, 2.75) is 97.1 Å². The van der Waals surface area contributed by atoms with Crippen molar-refractivity contribution in [1.29, 1.82) is 0 Å². The van der Waals surface area contributed by atoms with E-state index in [9.17, 15) is 56.7 Å². The van der Waals surface area contributed by atoms with Gasteiger partial charge in [0.05, 0.1) is 20.1 Å². The lowest BCUT2D eigenvalue weighted by molar-refractivity contribution is -0.438. The van der Waals surface area contributed by atoms with Gasteiger partial charge in [-0.05, 0) is 105 Å². The van der Waals surface area contributed by atoms with Crippen molar-refractivity contribution in [3.63, 3.8) is 0 Å². The minimum absolute atomic E-state index is 0.00609. The fourth-order valence-electron chi connectivity index (χ4n) is 9.09. The number of nitrogens with one attached hydrogen (secondary N) is 1. The van der Waals surface area contributed by atoms with Crippen LogP contribution in [0.2, 0.25) is 0 Å². The summed E-state index contributed by atoms with van der Waals surface area (Å²) in [5.41, 5.74) is 7.61. The van der Waals surface area contributed by atoms with Gasteiger partial charge in [-0.3, -0.25) is 18.5 Å². The van der Waals surface area contributed by atoms with E-state index >= 15 is 0 Å². The number of anilines is 1. The molecule has 0 aromatic heterocycles. The number of rotatable bonds is 17. The third kappa shape index (κ3) is 9.84. The number of amides is 1. The first-order valence-corrected chi connectivity index (χ1v) is 26.4. The maximum absolute atomic E-state index is 12.5. The molecule has 0 spiro atoms. The van der Waals surface area contributed by atoms with Crippen molar-refractivity contribution >= 4 is 85.0 Å². The highest BCUT2D eigenvalue weighted by Gasteiger charge is 2.46. The lowest BCUT2D eigenvalue weighted by atomic mass is 9.79. The number of allylic oxidation sites excluding steroid dienone is 6. The maximum atomic E-state index is 12.5. The molecule has 0 saturated carbocycles. The zero-order valence-electron chi connectivity index (χ0n) is 36.4. The SMILES string of the molecule is CCN1C(=C/C=C/C=C/C2=[N+](CCCCCC(=O)NCCCN)c3ccc4c(S(=O)(=O)[O-])cc(S(=O)(=O)O)cc4c3C2(C)C)C(C)(C)c2c1ccc1c(S(=O)(=O)O)cc(S(=O)(=O)O)cc21. The summed E-state index contributed by atoms with van der Waals surface area (Å²) in [4.78, 5) is 11.4. The fraction of sp³-hybridized carbons (Fsp3) is 0.364. The predicted octanol–water partition coefficient (Wildman–Crippen LogP) is 5.85. The van der Waals surface area contributed by atoms with E-state index in [1.165, 1.54) is 18.2 Å². The monoisotopic (exact) mass is 972 g/mol. The van der Waals surface area contributed by atoms with E-state index in [2.05, 4.69) is 5.32 Å². The summed E-state index contributed by atoms with van der Waals surface area (Å²) in [6.45, 7) is 11.3. The molecule has 2 heterocycles. The topological polar surface area (TPSA) is 282 Å². The van der Waals surface area contributed by atoms with Crippen LogP contribution < -0.4 is 16.0 Å². The minimum atomic E-state index is -5.20. The fourth-order valence-corrected chi connectivity index (χ4v) is 11.8. The van der Waals surface area contributed by atoms with Gasteiger partial charge in [0.25, 0.3) is 30.4 Å². The van der Waals surface area contributed by atoms with E-state index < -0.39 is 70.9 Å². The summed E-state index contributed by atoms with van der Waals surface area (Å²) in [6.07, 6.45) is 12.0. The zero-order chi connectivity index (χ0) is 48.1. The molecule has 17 nitrogen and oxygen atoms in total. The molecule has 0 radical (unpaired) electrons. The Morgan fingerprint density at radius 3 is 1.92 bits per heavy atom. The first kappa shape index (κ1) is 49.6. The summed E-state index contributed by atoms with van der Waals surface area (Å²) >= 11 is 0. The van der Waals surface area contributed by atoms with Crippen molar-refractivity contribution in [2.75, 3.05) is 31.1 Å². The van der Waals surface area contributed by atoms with E-state index in [0.29, 0.717) is 92.9 Å². The normalized spacial score (nSPS) is 17.0. The van der Waals surface area contributed by atoms with Crippen LogP contribution in [0.25, 0.3) is 21.5 Å². The molecular formula is C44H52N4O13S4. The molecule has 0 unspecified atom stereocenters. The first-order chi connectivity index (χ1) is 30.1. The second-order valence-corrected chi connectivity index (χ2v) is 22.5. The Bertz CT molecular complexity index is 3210. The Kier molecular flexibility index (Phi) is 13.8. The summed E-state index contributed by atoms with van der Waals surface area (Å²) in [5.74, 6) is -0.0777. The van der Waals surface area contributed by atoms with Crippen LogP contribution in [-0.4, -0.2) is 94.3 Å². The van der Waals surface area contributed by atoms with Gasteiger partial charge in [0.15, 0.2) is 5.71 Å². The largest absolute Gasteiger partial charge is 0.744 e. The molecule has 0 saturated heterocycles. The second-order valence-electron chi connectivity index (χ2n) is 17.0. The number of unbranched alkanes of at least 4 members (excludes halogenated alkanes) is 2. The summed E-state index contributed by atoms with van der Waals surface area (Å²) < 4.78 is 144. The van der Waals surface area contributed by atoms with Gasteiger partial charge < -0.3 is 20.5 Å². The Hall–Kier alpha value is -4.84. The van der Waals surface area contributed by atoms with Crippen molar-refractivity contribution in [3.05, 3.63) is 95.7 Å². The number of likely N-dealkylation sites (N-methyl/N-ethyl adjacent to an activating group) is 1. The van der Waals surface area contributed by atoms with Crippen LogP contribution in [0.15, 0.2) is 104 Å². The molecule has 2 aliphatic rings. The van der Waals surface area contributed by atoms with Crippen molar-refractivity contribution < 1.29 is 61.3 Å². The van der Waals surface area contributed by atoms with Crippen LogP contribution >= 0.6 is 0 Å². The molecule has 65 heavy (non-hydrogen) atoms. The molecule has 4 aromatic rings. The van der Waals surface area contributed by atoms with Crippen LogP contribution in [0.5, 0.6) is 0 Å². The number of nitrogens with two attached hydrogens (primary N) is 1. The summed E-state index contributed by atoms with van der Waals surface area (Å²) in [5, 5.41) is 3.27. The van der Waals surface area contributed by atoms with E-state index in [-0.39, 0.29) is 27.5 Å². The number of hydrogen-bond donors (Lipinski definition) is 5. The van der Waals surface area contributed by atoms with E-state index in [4.69, 9.17) is 5.73 Å². The third-order valence-electron chi connectivity index (χ3n) is 12.0. The molecule has 6 rings (SSSR count). The molecule has 0 aliphatic carbocycles. The predicted molar refractivity (Wildman–Crippen MR) is 246 cm³/mol. The maximum Gasteiger partial charge on any atom is 0.295 e. The molecule has 0 bridgehead atoms. The number of hydrogen-bond acceptors (Lipinski definition) is 12. The molecule has 6 N–H and O–H groups in total. The second kappa shape index (κ2) is 18.1. The van der Waals surface area contributed by atoms with Crippen LogP contribution in [0, 0.1) is 0 Å². The van der Waals surface area contributed by atoms with Crippen molar-refractivity contribution in [1.82, 2.24) is 5.32 Å². The Balaban J connectivity index is 1.41. The molecule has 0 fully saturated rings. The molecule has 1 amide bonds. The average molecular weight is 973 g/mol. The highest BCUT2D eigenvalue weighted by atomic mass is 32.2. The Labute approximate surface area is 379 Å². The van der Waals surface area contributed by atoms with Gasteiger partial charge >= 0.3 is 0 Å². The van der Waals surface area contributed by atoms with Gasteiger partial charge in [-0.15, -0.1) is 0 Å². The quantitative estimate of drug-likeness (QED) is 0.0359. The Morgan fingerprint density at radius 2 is 1.34 bits per heavy atom. The smallest absolute Gasteiger partial charge is 0.295 e. The molecule has 21 heteroatoms. The van der Waals surface area contributed by atoms with Gasteiger partial charge in [-0.2, -0.15) is 29.8 Å². The molecule has 0 atom stereocenters. The molecule has 4 aromatic carbocycles. The minimum Gasteiger partial charge on any atom is -0.744 e. The van der Waals surface area contributed by atoms with Gasteiger partial charge in [-0.1, -0.05) is 38.1 Å². The third-order valence-corrected chi connectivity index (χ3v) is 15.4. The summed E-state index contributed by atoms with van der Waals surface area (Å²) in [7, 11) is -19.9. The number of carbonyl (C=O) groups is 1. The lowest BCUT2D eigenvalue weighted by Gasteiger charge is -2.26. The van der Waals surface area contributed by atoms with Gasteiger partial charge in [-0.25, -0.2) is 8.42 Å². The average Bonchev–Trinajstić information content (AvgIpc) is 3.56. The van der Waals surface area contributed by atoms with Crippen LogP contribution in [0.3, 0.4) is 0 Å². The Morgan fingerprint density at radius 1 is 0.738 bits per heavy atom. The highest BCUT2D eigenvalue weighted by molar-refractivity contribution is 7.87. The van der Waals surface area contributed by atoms with E-state index in [1.54, 1.807) is 30.4 Å². The molecule has 350 valence electrons. The van der Waals surface area contributed by atoms with Gasteiger partial charge in [0, 0.05) is 71.2 Å². The van der Waals surface area contributed by atoms with Crippen molar-refractivity contribution in [3.8, 4) is 0 Å².